The lowest BCUT2D eigenvalue weighted by molar-refractivity contribution is -0.140. The smallest absolute Gasteiger partial charge is 0.193 e. The number of ether oxygens (including phenoxy) is 3. The minimum Gasteiger partial charge on any atom is -0.394 e. The van der Waals surface area contributed by atoms with E-state index in [2.05, 4.69) is 0 Å². The van der Waals surface area contributed by atoms with E-state index in [-0.39, 0.29) is 39.6 Å². The zero-order valence-electron chi connectivity index (χ0n) is 9.67. The first-order chi connectivity index (χ1) is 7.83. The molecule has 9 heteroatoms. The Morgan fingerprint density at radius 3 is 1.41 bits per heavy atom. The van der Waals surface area contributed by atoms with Gasteiger partial charge in [0, 0.05) is 0 Å². The van der Waals surface area contributed by atoms with Gasteiger partial charge in [-0.2, -0.15) is 0 Å². The molecule has 0 heterocycles. The zero-order chi connectivity index (χ0) is 13.4. The van der Waals surface area contributed by atoms with Crippen molar-refractivity contribution >= 4 is 0 Å². The highest BCUT2D eigenvalue weighted by molar-refractivity contribution is 4.67. The van der Waals surface area contributed by atoms with Gasteiger partial charge in [-0.15, -0.1) is 0 Å². The monoisotopic (exact) mass is 254 g/mol. The Bertz CT molecular complexity index is 182. The van der Waals surface area contributed by atoms with Crippen molar-refractivity contribution in [2.24, 2.45) is 22.9 Å². The Kier molecular flexibility index (Phi) is 7.70. The molecule has 0 bridgehead atoms. The average molecular weight is 254 g/mol. The molecule has 0 saturated heterocycles. The molecular formula is C8H22N4O5. The van der Waals surface area contributed by atoms with Crippen molar-refractivity contribution in [1.29, 1.82) is 0 Å². The minimum atomic E-state index is -1.53. The van der Waals surface area contributed by atoms with E-state index in [9.17, 15) is 0 Å². The van der Waals surface area contributed by atoms with E-state index in [0.29, 0.717) is 0 Å². The molecule has 0 aliphatic heterocycles. The van der Waals surface area contributed by atoms with Crippen LogP contribution in [0.3, 0.4) is 0 Å². The first kappa shape index (κ1) is 16.6. The van der Waals surface area contributed by atoms with Crippen LogP contribution in [0.25, 0.3) is 0 Å². The van der Waals surface area contributed by atoms with Crippen molar-refractivity contribution in [2.75, 3.05) is 39.6 Å². The summed E-state index contributed by atoms with van der Waals surface area (Å²) in [5, 5.41) is 17.0. The lowest BCUT2D eigenvalue weighted by atomic mass is 10.4. The Morgan fingerprint density at radius 1 is 0.765 bits per heavy atom. The Balaban J connectivity index is 3.80. The fraction of sp³-hybridized carbons (Fsp3) is 1.00. The predicted octanol–water partition coefficient (Wildman–Crippen LogP) is -3.84. The molecule has 0 rings (SSSR count). The van der Waals surface area contributed by atoms with Gasteiger partial charge in [-0.1, -0.05) is 0 Å². The number of nitrogens with two attached hydrogens (primary N) is 4. The lowest BCUT2D eigenvalue weighted by Crippen LogP contribution is -2.60. The van der Waals surface area contributed by atoms with E-state index in [1.54, 1.807) is 0 Å². The molecule has 0 unspecified atom stereocenters. The van der Waals surface area contributed by atoms with Crippen LogP contribution < -0.4 is 22.9 Å². The fourth-order valence-corrected chi connectivity index (χ4v) is 0.925. The first-order valence-corrected chi connectivity index (χ1v) is 5.06. The third-order valence-corrected chi connectivity index (χ3v) is 1.58. The molecule has 0 radical (unpaired) electrons. The molecular weight excluding hydrogens is 232 g/mol. The van der Waals surface area contributed by atoms with Crippen LogP contribution in [0.4, 0.5) is 0 Å². The second-order valence-corrected chi connectivity index (χ2v) is 3.55. The van der Waals surface area contributed by atoms with Crippen molar-refractivity contribution in [2.45, 2.75) is 11.7 Å². The molecule has 9 nitrogen and oxygen atoms in total. The summed E-state index contributed by atoms with van der Waals surface area (Å²) in [4.78, 5) is 0. The topological polar surface area (TPSA) is 172 Å². The van der Waals surface area contributed by atoms with Gasteiger partial charge in [-0.3, -0.25) is 22.9 Å². The Hall–Kier alpha value is -0.360. The summed E-state index contributed by atoms with van der Waals surface area (Å²) in [6.07, 6.45) is 0. The lowest BCUT2D eigenvalue weighted by Gasteiger charge is -2.28. The van der Waals surface area contributed by atoms with Crippen LogP contribution in [-0.2, 0) is 14.2 Å². The molecule has 0 atom stereocenters. The van der Waals surface area contributed by atoms with Crippen molar-refractivity contribution < 1.29 is 24.4 Å². The van der Waals surface area contributed by atoms with Gasteiger partial charge in [0.05, 0.1) is 26.4 Å². The SMILES string of the molecule is NC(N)(COCC(N)(N)OCCO)OCCO. The number of rotatable bonds is 10. The molecule has 0 aromatic heterocycles. The molecule has 0 spiro atoms. The maximum atomic E-state index is 8.52. The van der Waals surface area contributed by atoms with Gasteiger partial charge >= 0.3 is 0 Å². The number of hydrogen-bond acceptors (Lipinski definition) is 9. The first-order valence-electron chi connectivity index (χ1n) is 5.06. The highest BCUT2D eigenvalue weighted by Gasteiger charge is 2.24. The van der Waals surface area contributed by atoms with Gasteiger partial charge in [0.25, 0.3) is 0 Å². The fourth-order valence-electron chi connectivity index (χ4n) is 0.925. The van der Waals surface area contributed by atoms with Crippen molar-refractivity contribution in [3.8, 4) is 0 Å². The van der Waals surface area contributed by atoms with Gasteiger partial charge in [-0.25, -0.2) is 0 Å². The Morgan fingerprint density at radius 2 is 1.12 bits per heavy atom. The van der Waals surface area contributed by atoms with E-state index in [1.807, 2.05) is 0 Å². The maximum absolute atomic E-state index is 8.52. The van der Waals surface area contributed by atoms with Crippen molar-refractivity contribution in [3.63, 3.8) is 0 Å². The largest absolute Gasteiger partial charge is 0.394 e. The van der Waals surface area contributed by atoms with Crippen molar-refractivity contribution in [1.82, 2.24) is 0 Å². The summed E-state index contributed by atoms with van der Waals surface area (Å²) >= 11 is 0. The standard InChI is InChI=1S/C8H22N4O5/c9-7(10,16-3-1-13)5-15-6-8(11,12)17-4-2-14/h13-14H,1-6,9-12H2. The van der Waals surface area contributed by atoms with Crippen molar-refractivity contribution in [3.05, 3.63) is 0 Å². The molecule has 10 N–H and O–H groups in total. The summed E-state index contributed by atoms with van der Waals surface area (Å²) in [5.74, 6) is -3.06. The van der Waals surface area contributed by atoms with Crippen LogP contribution in [0.2, 0.25) is 0 Å². The summed E-state index contributed by atoms with van der Waals surface area (Å²) in [5.41, 5.74) is 22.0. The highest BCUT2D eigenvalue weighted by atomic mass is 16.6. The molecule has 0 amide bonds. The van der Waals surface area contributed by atoms with Gasteiger partial charge in [0.15, 0.2) is 11.7 Å². The molecule has 17 heavy (non-hydrogen) atoms. The third kappa shape index (κ3) is 9.35. The van der Waals surface area contributed by atoms with Crippen LogP contribution in [0.15, 0.2) is 0 Å². The minimum absolute atomic E-state index is 0.00619. The summed E-state index contributed by atoms with van der Waals surface area (Å²) < 4.78 is 14.8. The second kappa shape index (κ2) is 7.87. The predicted molar refractivity (Wildman–Crippen MR) is 59.1 cm³/mol. The zero-order valence-corrected chi connectivity index (χ0v) is 9.67. The van der Waals surface area contributed by atoms with Gasteiger partial charge < -0.3 is 24.4 Å². The molecule has 0 aromatic carbocycles. The van der Waals surface area contributed by atoms with Gasteiger partial charge in [0.2, 0.25) is 0 Å². The molecule has 0 aromatic rings. The quantitative estimate of drug-likeness (QED) is 0.213. The van der Waals surface area contributed by atoms with Gasteiger partial charge in [-0.05, 0) is 0 Å². The van der Waals surface area contributed by atoms with E-state index in [0.717, 1.165) is 0 Å². The average Bonchev–Trinajstić information content (AvgIpc) is 2.23. The van der Waals surface area contributed by atoms with E-state index >= 15 is 0 Å². The number of aliphatic hydroxyl groups excluding tert-OH is 2. The normalized spacial score (nSPS) is 13.1. The molecule has 0 fully saturated rings. The van der Waals surface area contributed by atoms with Crippen LogP contribution in [0, 0.1) is 0 Å². The number of aliphatic hydroxyl groups is 2. The van der Waals surface area contributed by atoms with Gasteiger partial charge in [0.1, 0.15) is 13.2 Å². The highest BCUT2D eigenvalue weighted by Crippen LogP contribution is 1.99. The van der Waals surface area contributed by atoms with E-state index in [4.69, 9.17) is 47.4 Å². The van der Waals surface area contributed by atoms with E-state index in [1.165, 1.54) is 0 Å². The Labute approximate surface area is 99.6 Å². The van der Waals surface area contributed by atoms with E-state index < -0.39 is 11.7 Å². The molecule has 0 aliphatic rings. The number of hydrogen-bond donors (Lipinski definition) is 6. The maximum Gasteiger partial charge on any atom is 0.193 e. The molecule has 0 aliphatic carbocycles. The summed E-state index contributed by atoms with van der Waals surface area (Å²) in [6.45, 7) is -0.764. The molecule has 104 valence electrons. The summed E-state index contributed by atoms with van der Waals surface area (Å²) in [6, 6.07) is 0. The van der Waals surface area contributed by atoms with Crippen LogP contribution >= 0.6 is 0 Å². The third-order valence-electron chi connectivity index (χ3n) is 1.58. The van der Waals surface area contributed by atoms with Crippen LogP contribution in [0.1, 0.15) is 0 Å². The van der Waals surface area contributed by atoms with Crippen LogP contribution in [-0.4, -0.2) is 61.6 Å². The summed E-state index contributed by atoms with van der Waals surface area (Å²) in [7, 11) is 0. The van der Waals surface area contributed by atoms with Crippen LogP contribution in [0.5, 0.6) is 0 Å². The molecule has 0 saturated carbocycles. The second-order valence-electron chi connectivity index (χ2n) is 3.55.